The maximum Gasteiger partial charge on any atom is 0.327 e. The number of carboxylic acid groups (broad SMARTS) is 1. The topological polar surface area (TPSA) is 219 Å². The van der Waals surface area contributed by atoms with E-state index >= 15 is 0 Å². The third kappa shape index (κ3) is 8.78. The number of carbonyl (C=O) groups is 6. The van der Waals surface area contributed by atoms with Gasteiger partial charge in [0.1, 0.15) is 30.2 Å². The number of aliphatic hydroxyl groups excluding tert-OH is 1. The molecule has 0 spiro atoms. The number of aliphatic hydroxyl groups is 1. The SMILES string of the molecule is CC(C)C[C@@H]1NC(=O)[C@@H](NC(=O)C2CC2)Cc2c([nH]c3ccccc23)SC[C@@H](C(=O)O)NC(=O)[C@H]([C@@H](C)O)NC(=O)[C@@H](C)NC1=O. The number of amides is 5. The molecule has 6 atom stereocenters. The number of fused-ring (bicyclic) bond motifs is 3. The van der Waals surface area contributed by atoms with Crippen LogP contribution >= 0.6 is 11.8 Å². The van der Waals surface area contributed by atoms with Crippen LogP contribution in [0.15, 0.2) is 29.3 Å². The van der Waals surface area contributed by atoms with Gasteiger partial charge >= 0.3 is 5.97 Å². The highest BCUT2D eigenvalue weighted by Crippen LogP contribution is 2.32. The quantitative estimate of drug-likeness (QED) is 0.212. The molecule has 1 fully saturated rings. The van der Waals surface area contributed by atoms with Gasteiger partial charge in [-0.3, -0.25) is 24.0 Å². The molecule has 8 N–H and O–H groups in total. The lowest BCUT2D eigenvalue weighted by Crippen LogP contribution is -2.60. The van der Waals surface area contributed by atoms with E-state index in [9.17, 15) is 39.0 Å². The second-order valence-corrected chi connectivity index (χ2v) is 13.4. The Kier molecular flexibility index (Phi) is 11.3. The maximum atomic E-state index is 13.9. The van der Waals surface area contributed by atoms with Crippen molar-refractivity contribution in [1.29, 1.82) is 0 Å². The monoisotopic (exact) mass is 658 g/mol. The van der Waals surface area contributed by atoms with Gasteiger partial charge in [-0.25, -0.2) is 4.79 Å². The Morgan fingerprint density at radius 1 is 0.957 bits per heavy atom. The van der Waals surface area contributed by atoms with Crippen LogP contribution in [0.25, 0.3) is 10.9 Å². The number of benzene rings is 1. The lowest BCUT2D eigenvalue weighted by Gasteiger charge is -2.27. The zero-order valence-electron chi connectivity index (χ0n) is 26.2. The van der Waals surface area contributed by atoms with E-state index in [1.54, 1.807) is 0 Å². The molecule has 15 heteroatoms. The van der Waals surface area contributed by atoms with E-state index in [1.807, 2.05) is 38.1 Å². The average molecular weight is 659 g/mol. The molecular formula is C31H42N6O8S. The van der Waals surface area contributed by atoms with Crippen molar-refractivity contribution < 1.29 is 39.0 Å². The Labute approximate surface area is 270 Å². The Hall–Kier alpha value is -4.11. The molecule has 46 heavy (non-hydrogen) atoms. The number of aliphatic carboxylic acids is 1. The predicted molar refractivity (Wildman–Crippen MR) is 170 cm³/mol. The molecule has 14 nitrogen and oxygen atoms in total. The van der Waals surface area contributed by atoms with E-state index in [2.05, 4.69) is 31.6 Å². The molecule has 1 aliphatic heterocycles. The van der Waals surface area contributed by atoms with Crippen molar-refractivity contribution in [2.24, 2.45) is 11.8 Å². The summed E-state index contributed by atoms with van der Waals surface area (Å²) in [6.07, 6.45) is 0.296. The van der Waals surface area contributed by atoms with Crippen LogP contribution in [0, 0.1) is 11.8 Å². The van der Waals surface area contributed by atoms with Gasteiger partial charge in [-0.1, -0.05) is 32.0 Å². The zero-order chi connectivity index (χ0) is 33.7. The fourth-order valence-electron chi connectivity index (χ4n) is 5.19. The summed E-state index contributed by atoms with van der Waals surface area (Å²) < 4.78 is 0. The molecule has 0 bridgehead atoms. The van der Waals surface area contributed by atoms with Crippen LogP contribution in [-0.2, 0) is 35.2 Å². The summed E-state index contributed by atoms with van der Waals surface area (Å²) >= 11 is 1.11. The third-order valence-electron chi connectivity index (χ3n) is 7.93. The minimum Gasteiger partial charge on any atom is -0.480 e. The van der Waals surface area contributed by atoms with Crippen molar-refractivity contribution in [3.63, 3.8) is 0 Å². The minimum absolute atomic E-state index is 0.0274. The number of rotatable bonds is 6. The van der Waals surface area contributed by atoms with Crippen LogP contribution in [0.2, 0.25) is 0 Å². The smallest absolute Gasteiger partial charge is 0.327 e. The number of nitrogens with one attached hydrogen (secondary N) is 6. The van der Waals surface area contributed by atoms with Crippen molar-refractivity contribution in [2.75, 3.05) is 5.75 Å². The molecule has 1 aliphatic carbocycles. The van der Waals surface area contributed by atoms with Gasteiger partial charge in [0.2, 0.25) is 29.5 Å². The minimum atomic E-state index is -1.51. The summed E-state index contributed by atoms with van der Waals surface area (Å²) in [6.45, 7) is 6.40. The first-order valence-corrected chi connectivity index (χ1v) is 16.4. The van der Waals surface area contributed by atoms with Gasteiger partial charge in [0.05, 0.1) is 11.1 Å². The fraction of sp³-hybridized carbons (Fsp3) is 0.548. The first kappa shape index (κ1) is 34.8. The molecular weight excluding hydrogens is 616 g/mol. The highest BCUT2D eigenvalue weighted by atomic mass is 32.2. The second-order valence-electron chi connectivity index (χ2n) is 12.4. The Morgan fingerprint density at radius 3 is 2.28 bits per heavy atom. The summed E-state index contributed by atoms with van der Waals surface area (Å²) in [6, 6.07) is 1.07. The number of hydrogen-bond acceptors (Lipinski definition) is 8. The molecule has 1 aromatic heterocycles. The standard InChI is InChI=1S/C31H42N6O8S/c1-14(2)11-21-27(41)32-15(3)25(39)37-24(16(4)38)29(43)35-23(31(44)45)13-46-30-19(18-7-5-6-8-20(18)36-30)12-22(28(42)34-21)33-26(40)17-9-10-17/h5-8,14-17,21-24,36,38H,9-13H2,1-4H3,(H,32,41)(H,33,40)(H,34,42)(H,35,43)(H,37,39)(H,44,45)/t15-,16-,21+,22+,23+,24+/m1/s1. The van der Waals surface area contributed by atoms with Gasteiger partial charge in [-0.15, -0.1) is 11.8 Å². The molecule has 0 radical (unpaired) electrons. The molecule has 2 aromatic rings. The first-order valence-electron chi connectivity index (χ1n) is 15.4. The van der Waals surface area contributed by atoms with Gasteiger partial charge in [-0.2, -0.15) is 0 Å². The molecule has 4 rings (SSSR count). The van der Waals surface area contributed by atoms with E-state index in [1.165, 1.54) is 13.8 Å². The number of carbonyl (C=O) groups excluding carboxylic acids is 5. The summed E-state index contributed by atoms with van der Waals surface area (Å²) in [7, 11) is 0. The Balaban J connectivity index is 1.76. The molecule has 5 amide bonds. The average Bonchev–Trinajstić information content (AvgIpc) is 3.78. The second kappa shape index (κ2) is 15.0. The maximum absolute atomic E-state index is 13.9. The van der Waals surface area contributed by atoms with Gasteiger partial charge in [-0.05, 0) is 50.7 Å². The van der Waals surface area contributed by atoms with Crippen LogP contribution in [0.5, 0.6) is 0 Å². The van der Waals surface area contributed by atoms with E-state index in [4.69, 9.17) is 0 Å². The molecule has 0 unspecified atom stereocenters. The largest absolute Gasteiger partial charge is 0.480 e. The van der Waals surface area contributed by atoms with Crippen LogP contribution in [-0.4, -0.2) is 92.8 Å². The number of thioether (sulfide) groups is 1. The number of carboxylic acids is 1. The number of hydrogen-bond donors (Lipinski definition) is 8. The molecule has 2 aliphatic rings. The van der Waals surface area contributed by atoms with Crippen molar-refractivity contribution in [1.82, 2.24) is 31.6 Å². The molecule has 1 saturated carbocycles. The first-order chi connectivity index (χ1) is 21.7. The van der Waals surface area contributed by atoms with Gasteiger partial charge in [0, 0.05) is 29.0 Å². The van der Waals surface area contributed by atoms with E-state index in [-0.39, 0.29) is 36.3 Å². The summed E-state index contributed by atoms with van der Waals surface area (Å²) in [5, 5.41) is 34.5. The van der Waals surface area contributed by atoms with Crippen molar-refractivity contribution in [2.45, 2.75) is 94.7 Å². The fourth-order valence-corrected chi connectivity index (χ4v) is 6.30. The molecule has 0 saturated heterocycles. The lowest BCUT2D eigenvalue weighted by atomic mass is 10.0. The van der Waals surface area contributed by atoms with E-state index in [0.717, 1.165) is 22.7 Å². The highest BCUT2D eigenvalue weighted by Gasteiger charge is 2.36. The molecule has 1 aromatic carbocycles. The highest BCUT2D eigenvalue weighted by molar-refractivity contribution is 7.99. The summed E-state index contributed by atoms with van der Waals surface area (Å²) in [4.78, 5) is 81.8. The predicted octanol–water partition coefficient (Wildman–Crippen LogP) is 0.182. The van der Waals surface area contributed by atoms with Crippen molar-refractivity contribution in [3.8, 4) is 0 Å². The molecule has 250 valence electrons. The Bertz CT molecular complexity index is 1490. The third-order valence-corrected chi connectivity index (χ3v) is 9.06. The lowest BCUT2D eigenvalue weighted by molar-refractivity contribution is -0.142. The van der Waals surface area contributed by atoms with Crippen LogP contribution < -0.4 is 26.6 Å². The van der Waals surface area contributed by atoms with Gasteiger partial charge in [0.15, 0.2) is 0 Å². The summed E-state index contributed by atoms with van der Waals surface area (Å²) in [5.74, 6) is -4.93. The van der Waals surface area contributed by atoms with Gasteiger partial charge < -0.3 is 41.8 Å². The van der Waals surface area contributed by atoms with Gasteiger partial charge in [0.25, 0.3) is 0 Å². The number of H-pyrrole nitrogens is 1. The van der Waals surface area contributed by atoms with E-state index in [0.29, 0.717) is 23.4 Å². The number of aromatic nitrogens is 1. The number of para-hydroxylation sites is 1. The van der Waals surface area contributed by atoms with Crippen LogP contribution in [0.1, 0.15) is 52.5 Å². The van der Waals surface area contributed by atoms with Crippen LogP contribution in [0.3, 0.4) is 0 Å². The van der Waals surface area contributed by atoms with E-state index < -0.39 is 65.9 Å². The number of aromatic amines is 1. The Morgan fingerprint density at radius 2 is 1.65 bits per heavy atom. The van der Waals surface area contributed by atoms with Crippen molar-refractivity contribution >= 4 is 58.2 Å². The summed E-state index contributed by atoms with van der Waals surface area (Å²) in [5.41, 5.74) is 1.37. The molecule has 2 heterocycles. The zero-order valence-corrected chi connectivity index (χ0v) is 27.0. The van der Waals surface area contributed by atoms with Crippen molar-refractivity contribution in [3.05, 3.63) is 29.8 Å². The van der Waals surface area contributed by atoms with Crippen LogP contribution in [0.4, 0.5) is 0 Å². The normalized spacial score (nSPS) is 26.1.